The minimum Gasteiger partial charge on any atom is -0.489 e. The Labute approximate surface area is 166 Å². The van der Waals surface area contributed by atoms with Gasteiger partial charge in [-0.05, 0) is 49.6 Å². The Morgan fingerprint density at radius 1 is 1.00 bits per heavy atom. The van der Waals surface area contributed by atoms with E-state index >= 15 is 0 Å². The predicted octanol–water partition coefficient (Wildman–Crippen LogP) is 4.26. The highest BCUT2D eigenvalue weighted by atomic mass is 16.5. The zero-order valence-corrected chi connectivity index (χ0v) is 16.2. The number of rotatable bonds is 7. The molecule has 28 heavy (non-hydrogen) atoms. The van der Waals surface area contributed by atoms with Crippen molar-refractivity contribution in [1.82, 2.24) is 5.32 Å². The molecule has 148 valence electrons. The van der Waals surface area contributed by atoms with Crippen molar-refractivity contribution in [2.75, 3.05) is 0 Å². The lowest BCUT2D eigenvalue weighted by molar-refractivity contribution is -0.130. The van der Waals surface area contributed by atoms with E-state index in [4.69, 9.17) is 9.47 Å². The fourth-order valence-corrected chi connectivity index (χ4v) is 3.28. The van der Waals surface area contributed by atoms with Crippen LogP contribution in [0.3, 0.4) is 0 Å². The van der Waals surface area contributed by atoms with Crippen molar-refractivity contribution in [2.24, 2.45) is 0 Å². The molecule has 0 spiro atoms. The maximum Gasteiger partial charge on any atom is 0.338 e. The van der Waals surface area contributed by atoms with Crippen molar-refractivity contribution in [1.29, 1.82) is 0 Å². The summed E-state index contributed by atoms with van der Waals surface area (Å²) in [5.41, 5.74) is 1.47. The average Bonchev–Trinajstić information content (AvgIpc) is 2.74. The Balaban J connectivity index is 1.47. The minimum absolute atomic E-state index is 0.198. The molecule has 0 aliphatic heterocycles. The summed E-state index contributed by atoms with van der Waals surface area (Å²) >= 11 is 0. The van der Waals surface area contributed by atoms with Gasteiger partial charge in [0.05, 0.1) is 5.56 Å². The first-order valence-electron chi connectivity index (χ1n) is 9.90. The van der Waals surface area contributed by atoms with Gasteiger partial charge in [0, 0.05) is 6.04 Å². The molecule has 5 heteroatoms. The van der Waals surface area contributed by atoms with Gasteiger partial charge < -0.3 is 14.8 Å². The lowest BCUT2D eigenvalue weighted by Gasteiger charge is -2.24. The molecule has 1 aliphatic rings. The topological polar surface area (TPSA) is 64.6 Å². The number of amides is 1. The van der Waals surface area contributed by atoms with E-state index in [1.807, 2.05) is 30.3 Å². The molecule has 1 unspecified atom stereocenters. The average molecular weight is 381 g/mol. The maximum absolute atomic E-state index is 12.3. The standard InChI is InChI=1S/C23H27NO4/c1-17(22(25)24-20-10-6-3-7-11-20)28-23(26)19-12-14-21(15-13-19)27-16-18-8-4-2-5-9-18/h2,4-5,8-9,12-15,17,20H,3,6-7,10-11,16H2,1H3,(H,24,25). The van der Waals surface area contributed by atoms with Gasteiger partial charge >= 0.3 is 5.97 Å². The number of carbonyl (C=O) groups is 2. The number of benzene rings is 2. The van der Waals surface area contributed by atoms with Gasteiger partial charge in [-0.1, -0.05) is 49.6 Å². The third kappa shape index (κ3) is 5.84. The molecule has 2 aromatic rings. The summed E-state index contributed by atoms with van der Waals surface area (Å²) in [5, 5.41) is 2.98. The van der Waals surface area contributed by atoms with Gasteiger partial charge in [0.15, 0.2) is 6.10 Å². The molecule has 1 amide bonds. The fourth-order valence-electron chi connectivity index (χ4n) is 3.28. The molecular weight excluding hydrogens is 354 g/mol. The van der Waals surface area contributed by atoms with E-state index < -0.39 is 12.1 Å². The molecule has 0 radical (unpaired) electrons. The molecule has 1 saturated carbocycles. The van der Waals surface area contributed by atoms with E-state index in [2.05, 4.69) is 5.32 Å². The Morgan fingerprint density at radius 3 is 2.36 bits per heavy atom. The first-order chi connectivity index (χ1) is 13.6. The van der Waals surface area contributed by atoms with Gasteiger partial charge in [0.25, 0.3) is 5.91 Å². The van der Waals surface area contributed by atoms with Crippen LogP contribution in [-0.4, -0.2) is 24.0 Å². The van der Waals surface area contributed by atoms with E-state index in [-0.39, 0.29) is 11.9 Å². The van der Waals surface area contributed by atoms with E-state index in [1.165, 1.54) is 6.42 Å². The van der Waals surface area contributed by atoms with Crippen LogP contribution in [0.15, 0.2) is 54.6 Å². The summed E-state index contributed by atoms with van der Waals surface area (Å²) in [6, 6.07) is 16.8. The monoisotopic (exact) mass is 381 g/mol. The Morgan fingerprint density at radius 2 is 1.68 bits per heavy atom. The van der Waals surface area contributed by atoms with Crippen LogP contribution in [0.25, 0.3) is 0 Å². The van der Waals surface area contributed by atoms with Gasteiger partial charge in [-0.15, -0.1) is 0 Å². The van der Waals surface area contributed by atoms with Crippen LogP contribution in [0.2, 0.25) is 0 Å². The van der Waals surface area contributed by atoms with E-state index in [1.54, 1.807) is 31.2 Å². The number of hydrogen-bond acceptors (Lipinski definition) is 4. The third-order valence-electron chi connectivity index (χ3n) is 4.94. The van der Waals surface area contributed by atoms with Crippen LogP contribution in [-0.2, 0) is 16.1 Å². The highest BCUT2D eigenvalue weighted by molar-refractivity contribution is 5.92. The van der Waals surface area contributed by atoms with Crippen molar-refractivity contribution in [3.63, 3.8) is 0 Å². The molecule has 1 fully saturated rings. The number of carbonyl (C=O) groups excluding carboxylic acids is 2. The van der Waals surface area contributed by atoms with Gasteiger partial charge in [0.2, 0.25) is 0 Å². The number of ether oxygens (including phenoxy) is 2. The van der Waals surface area contributed by atoms with Crippen molar-refractivity contribution in [3.8, 4) is 5.75 Å². The fraction of sp³-hybridized carbons (Fsp3) is 0.391. The third-order valence-corrected chi connectivity index (χ3v) is 4.94. The first-order valence-corrected chi connectivity index (χ1v) is 9.90. The van der Waals surface area contributed by atoms with Crippen molar-refractivity contribution in [2.45, 2.75) is 57.8 Å². The second-order valence-electron chi connectivity index (χ2n) is 7.19. The highest BCUT2D eigenvalue weighted by Crippen LogP contribution is 2.18. The Bertz CT molecular complexity index is 767. The largest absolute Gasteiger partial charge is 0.489 e. The summed E-state index contributed by atoms with van der Waals surface area (Å²) in [7, 11) is 0. The molecule has 1 aliphatic carbocycles. The summed E-state index contributed by atoms with van der Waals surface area (Å²) < 4.78 is 11.0. The first kappa shape index (κ1) is 19.9. The van der Waals surface area contributed by atoms with Gasteiger partial charge in [-0.2, -0.15) is 0 Å². The van der Waals surface area contributed by atoms with Crippen LogP contribution in [0.5, 0.6) is 5.75 Å². The minimum atomic E-state index is -0.816. The zero-order valence-electron chi connectivity index (χ0n) is 16.2. The summed E-state index contributed by atoms with van der Waals surface area (Å²) in [4.78, 5) is 24.5. The molecule has 0 bridgehead atoms. The second kappa shape index (κ2) is 9.93. The quantitative estimate of drug-likeness (QED) is 0.728. The smallest absolute Gasteiger partial charge is 0.338 e. The molecule has 2 aromatic carbocycles. The molecule has 5 nitrogen and oxygen atoms in total. The number of hydrogen-bond donors (Lipinski definition) is 1. The Kier molecular flexibility index (Phi) is 7.06. The summed E-state index contributed by atoms with van der Waals surface area (Å²) in [5.74, 6) is -0.0764. The summed E-state index contributed by atoms with van der Waals surface area (Å²) in [6.07, 6.45) is 4.68. The molecule has 0 saturated heterocycles. The van der Waals surface area contributed by atoms with E-state index in [0.717, 1.165) is 31.2 Å². The molecule has 0 heterocycles. The number of nitrogens with one attached hydrogen (secondary N) is 1. The molecule has 0 aromatic heterocycles. The number of esters is 1. The normalized spacial score (nSPS) is 15.5. The van der Waals surface area contributed by atoms with Gasteiger partial charge in [0.1, 0.15) is 12.4 Å². The lowest BCUT2D eigenvalue weighted by atomic mass is 9.95. The van der Waals surface area contributed by atoms with Crippen molar-refractivity contribution >= 4 is 11.9 Å². The zero-order chi connectivity index (χ0) is 19.8. The van der Waals surface area contributed by atoms with Gasteiger partial charge in [-0.25, -0.2) is 4.79 Å². The molecule has 1 atom stereocenters. The maximum atomic E-state index is 12.3. The van der Waals surface area contributed by atoms with E-state index in [0.29, 0.717) is 17.9 Å². The highest BCUT2D eigenvalue weighted by Gasteiger charge is 2.22. The second-order valence-corrected chi connectivity index (χ2v) is 7.19. The SMILES string of the molecule is CC(OC(=O)c1ccc(OCc2ccccc2)cc1)C(=O)NC1CCCCC1. The van der Waals surface area contributed by atoms with Crippen molar-refractivity contribution < 1.29 is 19.1 Å². The van der Waals surface area contributed by atoms with Gasteiger partial charge in [-0.3, -0.25) is 4.79 Å². The van der Waals surface area contributed by atoms with Crippen LogP contribution in [0, 0.1) is 0 Å². The molecular formula is C23H27NO4. The van der Waals surface area contributed by atoms with Crippen molar-refractivity contribution in [3.05, 3.63) is 65.7 Å². The van der Waals surface area contributed by atoms with Crippen LogP contribution in [0.1, 0.15) is 54.9 Å². The molecule has 3 rings (SSSR count). The Hall–Kier alpha value is -2.82. The predicted molar refractivity (Wildman–Crippen MR) is 107 cm³/mol. The molecule has 1 N–H and O–H groups in total. The van der Waals surface area contributed by atoms with E-state index in [9.17, 15) is 9.59 Å². The lowest BCUT2D eigenvalue weighted by Crippen LogP contribution is -2.42. The summed E-state index contributed by atoms with van der Waals surface area (Å²) in [6.45, 7) is 2.07. The van der Waals surface area contributed by atoms with Crippen LogP contribution in [0.4, 0.5) is 0 Å². The van der Waals surface area contributed by atoms with Crippen LogP contribution < -0.4 is 10.1 Å². The van der Waals surface area contributed by atoms with Crippen LogP contribution >= 0.6 is 0 Å².